The van der Waals surface area contributed by atoms with E-state index >= 15 is 0 Å². The quantitative estimate of drug-likeness (QED) is 0.803. The zero-order valence-electron chi connectivity index (χ0n) is 13.4. The van der Waals surface area contributed by atoms with Crippen LogP contribution in [0, 0.1) is 11.7 Å². The SMILES string of the molecule is C[C@H]1CCCN(Cc2csc(NC(=O)c3ccc(F)cc3Br)n2)C1. The van der Waals surface area contributed by atoms with E-state index in [0.29, 0.717) is 15.2 Å². The highest BCUT2D eigenvalue weighted by Gasteiger charge is 2.18. The summed E-state index contributed by atoms with van der Waals surface area (Å²) in [4.78, 5) is 19.2. The number of hydrogen-bond donors (Lipinski definition) is 1. The second kappa shape index (κ2) is 7.72. The number of carbonyl (C=O) groups is 1. The average Bonchev–Trinajstić information content (AvgIpc) is 2.94. The van der Waals surface area contributed by atoms with Crippen LogP contribution in [0.3, 0.4) is 0 Å². The number of benzene rings is 1. The zero-order chi connectivity index (χ0) is 17.1. The van der Waals surface area contributed by atoms with Gasteiger partial charge in [0.25, 0.3) is 5.91 Å². The Bertz CT molecular complexity index is 736. The number of thiazole rings is 1. The molecule has 0 aliphatic carbocycles. The predicted octanol–water partition coefficient (Wildman–Crippen LogP) is 4.53. The fraction of sp³-hybridized carbons (Fsp3) is 0.412. The number of piperidine rings is 1. The van der Waals surface area contributed by atoms with Crippen LogP contribution in [-0.4, -0.2) is 28.9 Å². The lowest BCUT2D eigenvalue weighted by molar-refractivity contribution is 0.102. The first-order valence-electron chi connectivity index (χ1n) is 7.94. The number of rotatable bonds is 4. The molecule has 1 aliphatic heterocycles. The van der Waals surface area contributed by atoms with Gasteiger partial charge in [0.1, 0.15) is 5.82 Å². The molecule has 1 fully saturated rings. The lowest BCUT2D eigenvalue weighted by atomic mass is 10.0. The van der Waals surface area contributed by atoms with Crippen LogP contribution in [0.15, 0.2) is 28.1 Å². The molecule has 24 heavy (non-hydrogen) atoms. The molecule has 1 aromatic heterocycles. The van der Waals surface area contributed by atoms with Gasteiger partial charge in [0, 0.05) is 22.9 Å². The molecule has 1 N–H and O–H groups in total. The monoisotopic (exact) mass is 411 g/mol. The average molecular weight is 412 g/mol. The highest BCUT2D eigenvalue weighted by molar-refractivity contribution is 9.10. The van der Waals surface area contributed by atoms with E-state index in [1.165, 1.54) is 42.4 Å². The Morgan fingerprint density at radius 2 is 2.38 bits per heavy atom. The Balaban J connectivity index is 1.62. The Morgan fingerprint density at radius 1 is 1.54 bits per heavy atom. The lowest BCUT2D eigenvalue weighted by Gasteiger charge is -2.30. The zero-order valence-corrected chi connectivity index (χ0v) is 15.8. The van der Waals surface area contributed by atoms with Crippen LogP contribution in [0.4, 0.5) is 9.52 Å². The molecule has 1 amide bonds. The number of carbonyl (C=O) groups excluding carboxylic acids is 1. The third kappa shape index (κ3) is 4.40. The van der Waals surface area contributed by atoms with E-state index in [9.17, 15) is 9.18 Å². The number of aromatic nitrogens is 1. The van der Waals surface area contributed by atoms with Crippen molar-refractivity contribution >= 4 is 38.3 Å². The van der Waals surface area contributed by atoms with Crippen LogP contribution in [0.2, 0.25) is 0 Å². The fourth-order valence-corrected chi connectivity index (χ4v) is 4.16. The number of halogens is 2. The van der Waals surface area contributed by atoms with E-state index in [0.717, 1.165) is 31.2 Å². The third-order valence-corrected chi connectivity index (χ3v) is 5.54. The number of nitrogens with zero attached hydrogens (tertiary/aromatic N) is 2. The molecule has 0 spiro atoms. The Morgan fingerprint density at radius 3 is 3.12 bits per heavy atom. The first-order valence-corrected chi connectivity index (χ1v) is 9.61. The molecule has 2 heterocycles. The maximum atomic E-state index is 13.1. The van der Waals surface area contributed by atoms with Crippen LogP contribution in [0.1, 0.15) is 35.8 Å². The van der Waals surface area contributed by atoms with Gasteiger partial charge < -0.3 is 0 Å². The maximum absolute atomic E-state index is 13.1. The molecule has 0 unspecified atom stereocenters. The molecule has 0 bridgehead atoms. The van der Waals surface area contributed by atoms with Gasteiger partial charge in [0.05, 0.1) is 11.3 Å². The van der Waals surface area contributed by atoms with Crippen molar-refractivity contribution < 1.29 is 9.18 Å². The molecule has 128 valence electrons. The molecular weight excluding hydrogens is 393 g/mol. The first-order chi connectivity index (χ1) is 11.5. The molecule has 1 atom stereocenters. The molecule has 1 aliphatic rings. The smallest absolute Gasteiger partial charge is 0.258 e. The summed E-state index contributed by atoms with van der Waals surface area (Å²) in [5.74, 6) is 0.0486. The standard InChI is InChI=1S/C17H19BrFN3OS/c1-11-3-2-6-22(8-11)9-13-10-24-17(20-13)21-16(23)14-5-4-12(19)7-15(14)18/h4-5,7,10-11H,2-3,6,8-9H2,1H3,(H,20,21,23)/t11-/m0/s1. The van der Waals surface area contributed by atoms with E-state index in [2.05, 4.69) is 38.1 Å². The van der Waals surface area contributed by atoms with E-state index < -0.39 is 0 Å². The topological polar surface area (TPSA) is 45.2 Å². The van der Waals surface area contributed by atoms with Crippen molar-refractivity contribution in [3.8, 4) is 0 Å². The molecule has 0 radical (unpaired) electrons. The summed E-state index contributed by atoms with van der Waals surface area (Å²) in [7, 11) is 0. The molecule has 7 heteroatoms. The minimum absolute atomic E-state index is 0.297. The van der Waals surface area contributed by atoms with Crippen molar-refractivity contribution in [3.05, 3.63) is 45.1 Å². The maximum Gasteiger partial charge on any atom is 0.258 e. The van der Waals surface area contributed by atoms with Gasteiger partial charge in [0.15, 0.2) is 5.13 Å². The Kier molecular flexibility index (Phi) is 5.63. The van der Waals surface area contributed by atoms with Gasteiger partial charge in [0.2, 0.25) is 0 Å². The molecule has 3 rings (SSSR count). The number of likely N-dealkylation sites (tertiary alicyclic amines) is 1. The lowest BCUT2D eigenvalue weighted by Crippen LogP contribution is -2.33. The molecule has 1 aromatic carbocycles. The molecule has 2 aromatic rings. The Labute approximate surface area is 153 Å². The molecular formula is C17H19BrFN3OS. The normalized spacial score (nSPS) is 18.5. The summed E-state index contributed by atoms with van der Waals surface area (Å²) in [6.45, 7) is 5.30. The highest BCUT2D eigenvalue weighted by atomic mass is 79.9. The first kappa shape index (κ1) is 17.5. The van der Waals surface area contributed by atoms with Gasteiger partial charge in [-0.2, -0.15) is 0 Å². The van der Waals surface area contributed by atoms with Gasteiger partial charge in [-0.15, -0.1) is 11.3 Å². The third-order valence-electron chi connectivity index (χ3n) is 4.07. The van der Waals surface area contributed by atoms with Gasteiger partial charge in [-0.1, -0.05) is 6.92 Å². The minimum atomic E-state index is -0.384. The summed E-state index contributed by atoms with van der Waals surface area (Å²) >= 11 is 4.62. The van der Waals surface area contributed by atoms with Gasteiger partial charge >= 0.3 is 0 Å². The molecule has 4 nitrogen and oxygen atoms in total. The van der Waals surface area contributed by atoms with Crippen molar-refractivity contribution in [1.29, 1.82) is 0 Å². The van der Waals surface area contributed by atoms with Crippen LogP contribution in [0.5, 0.6) is 0 Å². The van der Waals surface area contributed by atoms with Crippen molar-refractivity contribution in [2.24, 2.45) is 5.92 Å². The second-order valence-corrected chi connectivity index (χ2v) is 7.92. The van der Waals surface area contributed by atoms with Crippen molar-refractivity contribution in [2.45, 2.75) is 26.3 Å². The van der Waals surface area contributed by atoms with Crippen molar-refractivity contribution in [1.82, 2.24) is 9.88 Å². The van der Waals surface area contributed by atoms with Crippen LogP contribution < -0.4 is 5.32 Å². The summed E-state index contributed by atoms with van der Waals surface area (Å²) in [5.41, 5.74) is 1.36. The number of amides is 1. The van der Waals surface area contributed by atoms with Crippen LogP contribution in [-0.2, 0) is 6.54 Å². The number of nitrogens with one attached hydrogen (secondary N) is 1. The predicted molar refractivity (Wildman–Crippen MR) is 97.8 cm³/mol. The number of hydrogen-bond acceptors (Lipinski definition) is 4. The summed E-state index contributed by atoms with van der Waals surface area (Å²) in [5, 5.41) is 5.33. The van der Waals surface area contributed by atoms with Gasteiger partial charge in [-0.3, -0.25) is 15.0 Å². The van der Waals surface area contributed by atoms with Gasteiger partial charge in [-0.05, 0) is 59.4 Å². The molecule has 1 saturated heterocycles. The highest BCUT2D eigenvalue weighted by Crippen LogP contribution is 2.23. The van der Waals surface area contributed by atoms with Crippen LogP contribution in [0.25, 0.3) is 0 Å². The van der Waals surface area contributed by atoms with Crippen molar-refractivity contribution in [3.63, 3.8) is 0 Å². The largest absolute Gasteiger partial charge is 0.298 e. The summed E-state index contributed by atoms with van der Waals surface area (Å²) in [6, 6.07) is 4.00. The summed E-state index contributed by atoms with van der Waals surface area (Å²) < 4.78 is 13.5. The second-order valence-electron chi connectivity index (χ2n) is 6.20. The summed E-state index contributed by atoms with van der Waals surface area (Å²) in [6.07, 6.45) is 2.52. The van der Waals surface area contributed by atoms with Crippen LogP contribution >= 0.6 is 27.3 Å². The Hall–Kier alpha value is -1.31. The van der Waals surface area contributed by atoms with E-state index in [4.69, 9.17) is 0 Å². The van der Waals surface area contributed by atoms with Gasteiger partial charge in [-0.25, -0.2) is 9.37 Å². The number of anilines is 1. The van der Waals surface area contributed by atoms with E-state index in [1.54, 1.807) is 0 Å². The van der Waals surface area contributed by atoms with E-state index in [1.807, 2.05) is 5.38 Å². The van der Waals surface area contributed by atoms with E-state index in [-0.39, 0.29) is 11.7 Å². The fourth-order valence-electron chi connectivity index (χ4n) is 2.93. The minimum Gasteiger partial charge on any atom is -0.298 e. The molecule has 0 saturated carbocycles. The van der Waals surface area contributed by atoms with Crippen molar-refractivity contribution in [2.75, 3.05) is 18.4 Å².